The maximum absolute atomic E-state index is 13.8. The highest BCUT2D eigenvalue weighted by molar-refractivity contribution is 7.07. The molecule has 1 atom stereocenters. The molecule has 35 heavy (non-hydrogen) atoms. The normalized spacial score (nSPS) is 19.5. The van der Waals surface area contributed by atoms with Crippen LogP contribution < -0.4 is 14.9 Å². The Balaban J connectivity index is 1.65. The van der Waals surface area contributed by atoms with Crippen molar-refractivity contribution in [3.8, 4) is 0 Å². The number of fused-ring (bicyclic) bond motifs is 2. The molecule has 6 rings (SSSR count). The molecule has 1 unspecified atom stereocenters. The van der Waals surface area contributed by atoms with Crippen molar-refractivity contribution in [3.05, 3.63) is 115 Å². The fourth-order valence-corrected chi connectivity index (χ4v) is 6.26. The lowest BCUT2D eigenvalue weighted by molar-refractivity contribution is -0.118. The van der Waals surface area contributed by atoms with Crippen LogP contribution in [0.3, 0.4) is 0 Å². The van der Waals surface area contributed by atoms with E-state index >= 15 is 0 Å². The lowest BCUT2D eigenvalue weighted by Crippen LogP contribution is -2.42. The first-order chi connectivity index (χ1) is 16.8. The summed E-state index contributed by atoms with van der Waals surface area (Å²) in [6, 6.07) is 19.6. The van der Waals surface area contributed by atoms with Crippen LogP contribution >= 0.6 is 11.3 Å². The van der Waals surface area contributed by atoms with Gasteiger partial charge in [-0.1, -0.05) is 79.8 Å². The minimum atomic E-state index is -0.536. The highest BCUT2D eigenvalue weighted by Gasteiger charge is 2.40. The molecule has 0 spiro atoms. The standard InChI is InChI=1S/C29H23FN2O2S/c1-29(2)15-22-25(23(33)16-29)26(21-9-5-7-18-6-3-4-8-20(18)21)32-27(34)24(35-28(32)31-22)14-17-10-12-19(30)13-11-17/h3-14,26H,15-16H2,1-2H3. The lowest BCUT2D eigenvalue weighted by Gasteiger charge is -2.35. The largest absolute Gasteiger partial charge is 0.294 e. The number of rotatable bonds is 2. The molecule has 4 nitrogen and oxygen atoms in total. The Labute approximate surface area is 205 Å². The Morgan fingerprint density at radius 2 is 1.74 bits per heavy atom. The number of halogens is 1. The van der Waals surface area contributed by atoms with Gasteiger partial charge in [-0.05, 0) is 51.9 Å². The van der Waals surface area contributed by atoms with E-state index in [1.54, 1.807) is 22.8 Å². The minimum absolute atomic E-state index is 0.0470. The molecular formula is C29H23FN2O2S. The van der Waals surface area contributed by atoms with E-state index in [0.717, 1.165) is 27.6 Å². The number of hydrogen-bond donors (Lipinski definition) is 0. The van der Waals surface area contributed by atoms with Crippen molar-refractivity contribution in [2.45, 2.75) is 32.7 Å². The Morgan fingerprint density at radius 1 is 1.00 bits per heavy atom. The van der Waals surface area contributed by atoms with E-state index in [9.17, 15) is 14.0 Å². The van der Waals surface area contributed by atoms with Crippen molar-refractivity contribution in [2.75, 3.05) is 0 Å². The second-order valence-corrected chi connectivity index (χ2v) is 11.0. The van der Waals surface area contributed by atoms with Gasteiger partial charge in [0, 0.05) is 12.0 Å². The minimum Gasteiger partial charge on any atom is -0.294 e. The van der Waals surface area contributed by atoms with Crippen LogP contribution in [0.4, 0.5) is 4.39 Å². The highest BCUT2D eigenvalue weighted by atomic mass is 32.1. The SMILES string of the molecule is CC1(C)CC(=O)C2=C(C1)N=c1sc(=Cc3ccc(F)cc3)c(=O)n1C2c1cccc2ccccc12. The summed E-state index contributed by atoms with van der Waals surface area (Å²) in [5.74, 6) is -0.279. The molecule has 3 aromatic carbocycles. The first-order valence-corrected chi connectivity index (χ1v) is 12.4. The number of thiazole rings is 1. The van der Waals surface area contributed by atoms with Crippen molar-refractivity contribution in [3.63, 3.8) is 0 Å². The third kappa shape index (κ3) is 3.69. The first kappa shape index (κ1) is 21.9. The number of hydrogen-bond acceptors (Lipinski definition) is 4. The van der Waals surface area contributed by atoms with Gasteiger partial charge in [0.05, 0.1) is 16.3 Å². The molecule has 6 heteroatoms. The third-order valence-electron chi connectivity index (χ3n) is 6.78. The fraction of sp³-hybridized carbons (Fsp3) is 0.207. The van der Waals surface area contributed by atoms with Gasteiger partial charge in [0.1, 0.15) is 5.82 Å². The van der Waals surface area contributed by atoms with Crippen LogP contribution in [-0.2, 0) is 4.79 Å². The van der Waals surface area contributed by atoms with Crippen LogP contribution in [0.15, 0.2) is 87.8 Å². The molecular weight excluding hydrogens is 459 g/mol. The molecule has 4 aromatic rings. The van der Waals surface area contributed by atoms with E-state index < -0.39 is 6.04 Å². The van der Waals surface area contributed by atoms with Crippen molar-refractivity contribution in [2.24, 2.45) is 10.4 Å². The maximum atomic E-state index is 13.8. The topological polar surface area (TPSA) is 51.4 Å². The molecule has 1 aliphatic heterocycles. The quantitative estimate of drug-likeness (QED) is 0.408. The van der Waals surface area contributed by atoms with E-state index in [-0.39, 0.29) is 22.6 Å². The van der Waals surface area contributed by atoms with Crippen LogP contribution in [0.2, 0.25) is 0 Å². The number of aromatic nitrogens is 1. The van der Waals surface area contributed by atoms with Gasteiger partial charge in [0.15, 0.2) is 10.6 Å². The average molecular weight is 483 g/mol. The number of allylic oxidation sites excluding steroid dienone is 2. The summed E-state index contributed by atoms with van der Waals surface area (Å²) in [4.78, 5) is 32.8. The molecule has 174 valence electrons. The smallest absolute Gasteiger partial charge is 0.271 e. The number of nitrogens with zero attached hydrogens (tertiary/aromatic N) is 2. The monoisotopic (exact) mass is 482 g/mol. The van der Waals surface area contributed by atoms with E-state index in [1.807, 2.05) is 42.5 Å². The molecule has 0 amide bonds. The number of carbonyl (C=O) groups excluding carboxylic acids is 1. The second kappa shape index (κ2) is 7.95. The number of benzene rings is 3. The number of Topliss-reactive ketones (excluding diaryl/α,β-unsaturated/α-hetero) is 1. The van der Waals surface area contributed by atoms with E-state index in [4.69, 9.17) is 4.99 Å². The van der Waals surface area contributed by atoms with E-state index in [0.29, 0.717) is 27.7 Å². The third-order valence-corrected chi connectivity index (χ3v) is 7.76. The molecule has 1 aliphatic carbocycles. The van der Waals surface area contributed by atoms with Crippen molar-refractivity contribution in [1.82, 2.24) is 4.57 Å². The molecule has 0 bridgehead atoms. The fourth-order valence-electron chi connectivity index (χ4n) is 5.24. The van der Waals surface area contributed by atoms with Gasteiger partial charge in [-0.3, -0.25) is 14.2 Å². The van der Waals surface area contributed by atoms with Gasteiger partial charge in [-0.15, -0.1) is 0 Å². The van der Waals surface area contributed by atoms with Crippen LogP contribution in [-0.4, -0.2) is 10.4 Å². The summed E-state index contributed by atoms with van der Waals surface area (Å²) in [6.45, 7) is 4.17. The Hall–Kier alpha value is -3.64. The number of ketones is 1. The summed E-state index contributed by atoms with van der Waals surface area (Å²) < 4.78 is 15.6. The predicted molar refractivity (Wildman–Crippen MR) is 136 cm³/mol. The predicted octanol–water partition coefficient (Wildman–Crippen LogP) is 4.90. The summed E-state index contributed by atoms with van der Waals surface area (Å²) in [6.07, 6.45) is 2.86. The molecule has 0 saturated heterocycles. The van der Waals surface area contributed by atoms with Crippen LogP contribution in [0, 0.1) is 11.2 Å². The molecule has 0 N–H and O–H groups in total. The lowest BCUT2D eigenvalue weighted by atomic mass is 9.73. The second-order valence-electron chi connectivity index (χ2n) is 10.0. The first-order valence-electron chi connectivity index (χ1n) is 11.6. The number of carbonyl (C=O) groups is 1. The van der Waals surface area contributed by atoms with Gasteiger partial charge in [-0.2, -0.15) is 0 Å². The Kier molecular flexibility index (Phi) is 4.97. The zero-order valence-electron chi connectivity index (χ0n) is 19.4. The molecule has 2 aliphatic rings. The zero-order chi connectivity index (χ0) is 24.3. The molecule has 2 heterocycles. The summed E-state index contributed by atoms with van der Waals surface area (Å²) in [5, 5.41) is 2.07. The molecule has 0 fully saturated rings. The van der Waals surface area contributed by atoms with Crippen molar-refractivity contribution >= 4 is 34.0 Å². The summed E-state index contributed by atoms with van der Waals surface area (Å²) in [5.41, 5.74) is 2.68. The van der Waals surface area contributed by atoms with E-state index in [1.165, 1.54) is 23.5 Å². The van der Waals surface area contributed by atoms with Crippen LogP contribution in [0.1, 0.15) is 43.9 Å². The highest BCUT2D eigenvalue weighted by Crippen LogP contribution is 2.44. The molecule has 0 saturated carbocycles. The van der Waals surface area contributed by atoms with Crippen molar-refractivity contribution < 1.29 is 9.18 Å². The van der Waals surface area contributed by atoms with Gasteiger partial charge >= 0.3 is 0 Å². The van der Waals surface area contributed by atoms with Crippen molar-refractivity contribution in [1.29, 1.82) is 0 Å². The van der Waals surface area contributed by atoms with Gasteiger partial charge in [-0.25, -0.2) is 9.38 Å². The Morgan fingerprint density at radius 3 is 2.54 bits per heavy atom. The molecule has 1 aromatic heterocycles. The zero-order valence-corrected chi connectivity index (χ0v) is 20.2. The summed E-state index contributed by atoms with van der Waals surface area (Å²) in [7, 11) is 0. The van der Waals surface area contributed by atoms with E-state index in [2.05, 4.69) is 13.8 Å². The Bertz CT molecular complexity index is 1720. The van der Waals surface area contributed by atoms with Gasteiger partial charge in [0.2, 0.25) is 0 Å². The van der Waals surface area contributed by atoms with Crippen LogP contribution in [0.25, 0.3) is 16.8 Å². The summed E-state index contributed by atoms with van der Waals surface area (Å²) >= 11 is 1.31. The average Bonchev–Trinajstić information content (AvgIpc) is 3.12. The van der Waals surface area contributed by atoms with Crippen LogP contribution in [0.5, 0.6) is 0 Å². The van der Waals surface area contributed by atoms with Gasteiger partial charge < -0.3 is 0 Å². The van der Waals surface area contributed by atoms with Gasteiger partial charge in [0.25, 0.3) is 5.56 Å². The molecule has 0 radical (unpaired) electrons. The maximum Gasteiger partial charge on any atom is 0.271 e.